The van der Waals surface area contributed by atoms with Crippen molar-refractivity contribution in [1.82, 2.24) is 14.9 Å². The Morgan fingerprint density at radius 3 is 2.94 bits per heavy atom. The van der Waals surface area contributed by atoms with E-state index in [2.05, 4.69) is 23.5 Å². The van der Waals surface area contributed by atoms with Crippen LogP contribution in [-0.4, -0.2) is 34.4 Å². The molecule has 0 spiro atoms. The molecule has 0 saturated carbocycles. The molecule has 2 aromatic heterocycles. The van der Waals surface area contributed by atoms with Gasteiger partial charge in [0.2, 0.25) is 5.91 Å². The standard InChI is InChI=1S/C24H29N3O3S2/c1-14-15(2)31-22-20(14)23(29)27(12-13-30-4)24(26-22)32-16(3)21(28)25-19-11-7-9-17-8-5-6-10-18(17)19/h5-6,8,10,16,19H,7,9,11-13H2,1-4H3,(H,25,28). The molecule has 0 saturated heterocycles. The lowest BCUT2D eigenvalue weighted by Crippen LogP contribution is -2.36. The van der Waals surface area contributed by atoms with Crippen LogP contribution in [0.2, 0.25) is 0 Å². The normalized spacial score (nSPS) is 16.7. The van der Waals surface area contributed by atoms with Crippen LogP contribution in [0.1, 0.15) is 47.4 Å². The van der Waals surface area contributed by atoms with Gasteiger partial charge in [0.15, 0.2) is 5.16 Å². The van der Waals surface area contributed by atoms with Gasteiger partial charge in [-0.2, -0.15) is 0 Å². The highest BCUT2D eigenvalue weighted by atomic mass is 32.2. The van der Waals surface area contributed by atoms with E-state index in [1.165, 1.54) is 34.2 Å². The van der Waals surface area contributed by atoms with Gasteiger partial charge in [-0.05, 0) is 56.7 Å². The van der Waals surface area contributed by atoms with Gasteiger partial charge in [0.05, 0.1) is 29.8 Å². The first-order chi connectivity index (χ1) is 15.4. The van der Waals surface area contributed by atoms with E-state index in [1.807, 2.05) is 26.8 Å². The molecule has 2 unspecified atom stereocenters. The molecule has 8 heteroatoms. The molecule has 1 aliphatic rings. The first kappa shape index (κ1) is 23.0. The Bertz CT molecular complexity index is 1200. The van der Waals surface area contributed by atoms with Crippen molar-refractivity contribution in [2.24, 2.45) is 0 Å². The van der Waals surface area contributed by atoms with Crippen LogP contribution in [-0.2, 0) is 22.5 Å². The molecule has 2 heterocycles. The van der Waals surface area contributed by atoms with Gasteiger partial charge in [0.1, 0.15) is 4.83 Å². The summed E-state index contributed by atoms with van der Waals surface area (Å²) in [5, 5.41) is 4.07. The summed E-state index contributed by atoms with van der Waals surface area (Å²) in [5.74, 6) is -0.0390. The zero-order chi connectivity index (χ0) is 22.8. The second-order valence-corrected chi connectivity index (χ2v) is 10.7. The maximum absolute atomic E-state index is 13.3. The Kier molecular flexibility index (Phi) is 7.02. The van der Waals surface area contributed by atoms with Gasteiger partial charge in [0, 0.05) is 12.0 Å². The number of hydrogen-bond acceptors (Lipinski definition) is 6. The number of nitrogens with one attached hydrogen (secondary N) is 1. The van der Waals surface area contributed by atoms with Crippen LogP contribution in [0.15, 0.2) is 34.2 Å². The molecule has 0 bridgehead atoms. The summed E-state index contributed by atoms with van der Waals surface area (Å²) in [4.78, 5) is 32.9. The number of carbonyl (C=O) groups excluding carboxylic acids is 1. The number of thiophene rings is 1. The van der Waals surface area contributed by atoms with E-state index < -0.39 is 0 Å². The summed E-state index contributed by atoms with van der Waals surface area (Å²) in [5.41, 5.74) is 3.44. The molecular weight excluding hydrogens is 442 g/mol. The predicted octanol–water partition coefficient (Wildman–Crippen LogP) is 4.40. The van der Waals surface area contributed by atoms with E-state index in [0.29, 0.717) is 23.7 Å². The summed E-state index contributed by atoms with van der Waals surface area (Å²) in [7, 11) is 1.61. The molecule has 0 aliphatic heterocycles. The Balaban J connectivity index is 1.58. The molecule has 0 radical (unpaired) electrons. The van der Waals surface area contributed by atoms with Crippen molar-refractivity contribution >= 4 is 39.2 Å². The van der Waals surface area contributed by atoms with E-state index in [-0.39, 0.29) is 22.8 Å². The van der Waals surface area contributed by atoms with Crippen molar-refractivity contribution in [2.75, 3.05) is 13.7 Å². The van der Waals surface area contributed by atoms with Crippen LogP contribution >= 0.6 is 23.1 Å². The lowest BCUT2D eigenvalue weighted by molar-refractivity contribution is -0.121. The summed E-state index contributed by atoms with van der Waals surface area (Å²) in [6, 6.07) is 8.36. The second kappa shape index (κ2) is 9.77. The van der Waals surface area contributed by atoms with E-state index in [9.17, 15) is 9.59 Å². The highest BCUT2D eigenvalue weighted by Gasteiger charge is 2.26. The van der Waals surface area contributed by atoms with Gasteiger partial charge in [-0.1, -0.05) is 36.0 Å². The number of hydrogen-bond donors (Lipinski definition) is 1. The minimum atomic E-state index is -0.385. The topological polar surface area (TPSA) is 73.2 Å². The van der Waals surface area contributed by atoms with Crippen LogP contribution in [0.3, 0.4) is 0 Å². The summed E-state index contributed by atoms with van der Waals surface area (Å²) in [6.07, 6.45) is 3.06. The number of fused-ring (bicyclic) bond motifs is 2. The summed E-state index contributed by atoms with van der Waals surface area (Å²) in [6.45, 7) is 6.65. The van der Waals surface area contributed by atoms with Crippen molar-refractivity contribution in [1.29, 1.82) is 0 Å². The number of nitrogens with zero attached hydrogens (tertiary/aromatic N) is 2. The number of aromatic nitrogens is 2. The zero-order valence-electron chi connectivity index (χ0n) is 18.9. The molecule has 1 aromatic carbocycles. The van der Waals surface area contributed by atoms with Gasteiger partial charge in [-0.25, -0.2) is 4.98 Å². The number of methoxy groups -OCH3 is 1. The van der Waals surface area contributed by atoms with Gasteiger partial charge in [0.25, 0.3) is 5.56 Å². The smallest absolute Gasteiger partial charge is 0.263 e. The van der Waals surface area contributed by atoms with Crippen molar-refractivity contribution < 1.29 is 9.53 Å². The van der Waals surface area contributed by atoms with Crippen LogP contribution in [0.25, 0.3) is 10.2 Å². The van der Waals surface area contributed by atoms with Crippen molar-refractivity contribution in [2.45, 2.75) is 63.0 Å². The molecule has 4 rings (SSSR count). The van der Waals surface area contributed by atoms with Crippen LogP contribution in [0.4, 0.5) is 0 Å². The summed E-state index contributed by atoms with van der Waals surface area (Å²) < 4.78 is 6.86. The molecule has 32 heavy (non-hydrogen) atoms. The van der Waals surface area contributed by atoms with E-state index in [0.717, 1.165) is 34.5 Å². The van der Waals surface area contributed by atoms with E-state index in [4.69, 9.17) is 9.72 Å². The van der Waals surface area contributed by atoms with Crippen molar-refractivity contribution in [3.05, 3.63) is 56.2 Å². The Hall–Kier alpha value is -2.16. The number of aryl methyl sites for hydroxylation is 3. The largest absolute Gasteiger partial charge is 0.383 e. The molecule has 2 atom stereocenters. The lowest BCUT2D eigenvalue weighted by Gasteiger charge is -2.27. The maximum Gasteiger partial charge on any atom is 0.263 e. The molecule has 0 fully saturated rings. The number of benzene rings is 1. The molecule has 1 amide bonds. The molecule has 1 aliphatic carbocycles. The Morgan fingerprint density at radius 2 is 2.16 bits per heavy atom. The third-order valence-corrected chi connectivity index (χ3v) is 8.30. The summed E-state index contributed by atoms with van der Waals surface area (Å²) >= 11 is 2.86. The van der Waals surface area contributed by atoms with Crippen LogP contribution < -0.4 is 10.9 Å². The lowest BCUT2D eigenvalue weighted by atomic mass is 9.88. The number of rotatable bonds is 7. The minimum absolute atomic E-state index is 0.0317. The molecule has 6 nitrogen and oxygen atoms in total. The van der Waals surface area contributed by atoms with Gasteiger partial charge in [-0.3, -0.25) is 14.2 Å². The van der Waals surface area contributed by atoms with Gasteiger partial charge in [-0.15, -0.1) is 11.3 Å². The van der Waals surface area contributed by atoms with Gasteiger partial charge < -0.3 is 10.1 Å². The Morgan fingerprint density at radius 1 is 1.38 bits per heavy atom. The fraction of sp³-hybridized carbons (Fsp3) is 0.458. The first-order valence-electron chi connectivity index (χ1n) is 10.9. The fourth-order valence-corrected chi connectivity index (χ4v) is 6.20. The van der Waals surface area contributed by atoms with E-state index >= 15 is 0 Å². The number of amides is 1. The number of thioether (sulfide) groups is 1. The molecule has 170 valence electrons. The SMILES string of the molecule is COCCn1c(SC(C)C(=O)NC2CCCc3ccccc32)nc2sc(C)c(C)c2c1=O. The molecule has 3 aromatic rings. The van der Waals surface area contributed by atoms with Crippen molar-refractivity contribution in [3.8, 4) is 0 Å². The maximum atomic E-state index is 13.3. The Labute approximate surface area is 196 Å². The first-order valence-corrected chi connectivity index (χ1v) is 12.6. The minimum Gasteiger partial charge on any atom is -0.383 e. The number of carbonyl (C=O) groups is 1. The zero-order valence-corrected chi connectivity index (χ0v) is 20.6. The quantitative estimate of drug-likeness (QED) is 0.409. The van der Waals surface area contributed by atoms with Crippen LogP contribution in [0.5, 0.6) is 0 Å². The van der Waals surface area contributed by atoms with E-state index in [1.54, 1.807) is 11.7 Å². The highest BCUT2D eigenvalue weighted by molar-refractivity contribution is 8.00. The average molecular weight is 472 g/mol. The third kappa shape index (κ3) is 4.49. The monoisotopic (exact) mass is 471 g/mol. The molecule has 1 N–H and O–H groups in total. The predicted molar refractivity (Wildman–Crippen MR) is 131 cm³/mol. The van der Waals surface area contributed by atoms with Crippen LogP contribution in [0, 0.1) is 13.8 Å². The van der Waals surface area contributed by atoms with Gasteiger partial charge >= 0.3 is 0 Å². The molecular formula is C24H29N3O3S2. The fourth-order valence-electron chi connectivity index (χ4n) is 4.18. The third-order valence-electron chi connectivity index (χ3n) is 6.11. The van der Waals surface area contributed by atoms with Crippen molar-refractivity contribution in [3.63, 3.8) is 0 Å². The second-order valence-electron chi connectivity index (χ2n) is 8.22. The number of ether oxygens (including phenoxy) is 1. The average Bonchev–Trinajstić information content (AvgIpc) is 3.07. The highest BCUT2D eigenvalue weighted by Crippen LogP contribution is 2.32.